The van der Waals surface area contributed by atoms with E-state index < -0.39 is 0 Å². The molecular weight excluding hydrogens is 365 g/mol. The zero-order valence-corrected chi connectivity index (χ0v) is 13.4. The first-order valence-electron chi connectivity index (χ1n) is 5.81. The van der Waals surface area contributed by atoms with Gasteiger partial charge in [0.25, 0.3) is 5.91 Å². The molecule has 1 N–H and O–H groups in total. The van der Waals surface area contributed by atoms with Crippen molar-refractivity contribution in [3.8, 4) is 0 Å². The van der Waals surface area contributed by atoms with Gasteiger partial charge in [0.2, 0.25) is 0 Å². The highest BCUT2D eigenvalue weighted by Gasteiger charge is 2.07. The van der Waals surface area contributed by atoms with Gasteiger partial charge in [0.05, 0.1) is 11.6 Å². The molecule has 0 unspecified atom stereocenters. The fraction of sp³-hybridized carbons (Fsp3) is 0.462. The van der Waals surface area contributed by atoms with Crippen molar-refractivity contribution < 1.29 is 9.53 Å². The number of amides is 1. The van der Waals surface area contributed by atoms with Gasteiger partial charge in [-0.2, -0.15) is 0 Å². The van der Waals surface area contributed by atoms with Crippen molar-refractivity contribution >= 4 is 40.1 Å². The third-order valence-electron chi connectivity index (χ3n) is 2.16. The van der Waals surface area contributed by atoms with Crippen molar-refractivity contribution in [3.05, 3.63) is 32.4 Å². The van der Waals surface area contributed by atoms with Gasteiger partial charge in [0.1, 0.15) is 0 Å². The highest BCUT2D eigenvalue weighted by atomic mass is 127. The summed E-state index contributed by atoms with van der Waals surface area (Å²) in [4.78, 5) is 11.8. The molecule has 0 atom stereocenters. The van der Waals surface area contributed by atoms with Crippen molar-refractivity contribution in [3.63, 3.8) is 0 Å². The molecule has 0 saturated carbocycles. The Morgan fingerprint density at radius 2 is 2.22 bits per heavy atom. The van der Waals surface area contributed by atoms with Crippen molar-refractivity contribution in [1.82, 2.24) is 5.32 Å². The quantitative estimate of drug-likeness (QED) is 0.606. The van der Waals surface area contributed by atoms with Crippen LogP contribution in [0.3, 0.4) is 0 Å². The largest absolute Gasteiger partial charge is 0.379 e. The minimum Gasteiger partial charge on any atom is -0.379 e. The number of rotatable bonds is 6. The molecule has 0 aliphatic heterocycles. The summed E-state index contributed by atoms with van der Waals surface area (Å²) in [6.45, 7) is 5.93. The van der Waals surface area contributed by atoms with E-state index in [-0.39, 0.29) is 5.91 Å². The van der Waals surface area contributed by atoms with Crippen LogP contribution in [-0.2, 0) is 4.74 Å². The predicted molar refractivity (Wildman–Crippen MR) is 82.2 cm³/mol. The van der Waals surface area contributed by atoms with Crippen LogP contribution in [0.15, 0.2) is 18.2 Å². The van der Waals surface area contributed by atoms with Gasteiger partial charge in [-0.3, -0.25) is 4.79 Å². The second-order valence-electron chi connectivity index (χ2n) is 4.35. The van der Waals surface area contributed by atoms with Gasteiger partial charge in [-0.15, -0.1) is 0 Å². The van der Waals surface area contributed by atoms with Gasteiger partial charge < -0.3 is 10.1 Å². The Morgan fingerprint density at radius 3 is 2.83 bits per heavy atom. The maximum absolute atomic E-state index is 11.8. The summed E-state index contributed by atoms with van der Waals surface area (Å²) in [5, 5.41) is 3.39. The van der Waals surface area contributed by atoms with E-state index in [1.165, 1.54) is 0 Å². The highest BCUT2D eigenvalue weighted by molar-refractivity contribution is 14.1. The summed E-state index contributed by atoms with van der Waals surface area (Å²) >= 11 is 8.09. The molecule has 18 heavy (non-hydrogen) atoms. The van der Waals surface area contributed by atoms with Crippen LogP contribution in [0.4, 0.5) is 0 Å². The smallest absolute Gasteiger partial charge is 0.251 e. The van der Waals surface area contributed by atoms with E-state index in [9.17, 15) is 4.79 Å². The Bertz CT molecular complexity index is 410. The molecule has 5 heteroatoms. The molecule has 0 radical (unpaired) electrons. The monoisotopic (exact) mass is 381 g/mol. The minimum absolute atomic E-state index is 0.124. The van der Waals surface area contributed by atoms with Gasteiger partial charge in [0.15, 0.2) is 0 Å². The average molecular weight is 382 g/mol. The van der Waals surface area contributed by atoms with E-state index in [2.05, 4.69) is 41.8 Å². The Balaban J connectivity index is 2.34. The molecule has 0 bridgehead atoms. The van der Waals surface area contributed by atoms with Gasteiger partial charge >= 0.3 is 0 Å². The molecule has 0 fully saturated rings. The molecule has 0 aliphatic carbocycles. The van der Waals surface area contributed by atoms with Crippen molar-refractivity contribution in [2.75, 3.05) is 19.8 Å². The minimum atomic E-state index is -0.124. The fourth-order valence-corrected chi connectivity index (χ4v) is 1.81. The predicted octanol–water partition coefficient (Wildman–Crippen LogP) is 3.35. The Labute approximate surface area is 126 Å². The first-order chi connectivity index (χ1) is 8.50. The fourth-order valence-electron chi connectivity index (χ4n) is 1.30. The molecule has 1 aromatic carbocycles. The first kappa shape index (κ1) is 15.7. The lowest BCUT2D eigenvalue weighted by atomic mass is 10.2. The van der Waals surface area contributed by atoms with Crippen molar-refractivity contribution in [1.29, 1.82) is 0 Å². The van der Waals surface area contributed by atoms with Crippen LogP contribution in [0, 0.1) is 9.49 Å². The van der Waals surface area contributed by atoms with Crippen LogP contribution in [0.5, 0.6) is 0 Å². The van der Waals surface area contributed by atoms with E-state index in [4.69, 9.17) is 16.3 Å². The molecule has 0 saturated heterocycles. The molecule has 1 rings (SSSR count). The number of benzene rings is 1. The van der Waals surface area contributed by atoms with Crippen molar-refractivity contribution in [2.24, 2.45) is 5.92 Å². The Morgan fingerprint density at radius 1 is 1.50 bits per heavy atom. The van der Waals surface area contributed by atoms with E-state index in [1.54, 1.807) is 12.1 Å². The molecule has 0 heterocycles. The maximum Gasteiger partial charge on any atom is 0.251 e. The summed E-state index contributed by atoms with van der Waals surface area (Å²) in [7, 11) is 0. The van der Waals surface area contributed by atoms with Gasteiger partial charge in [0, 0.05) is 22.3 Å². The van der Waals surface area contributed by atoms with Crippen LogP contribution in [-0.4, -0.2) is 25.7 Å². The summed E-state index contributed by atoms with van der Waals surface area (Å²) in [5.74, 6) is 0.386. The topological polar surface area (TPSA) is 38.3 Å². The van der Waals surface area contributed by atoms with E-state index >= 15 is 0 Å². The van der Waals surface area contributed by atoms with E-state index in [1.807, 2.05) is 6.07 Å². The summed E-state index contributed by atoms with van der Waals surface area (Å²) in [6.07, 6.45) is 0. The Hall–Kier alpha value is -0.330. The van der Waals surface area contributed by atoms with Crippen LogP contribution in [0.2, 0.25) is 5.02 Å². The summed E-state index contributed by atoms with van der Waals surface area (Å²) in [5.41, 5.74) is 0.573. The lowest BCUT2D eigenvalue weighted by Crippen LogP contribution is -2.27. The lowest BCUT2D eigenvalue weighted by molar-refractivity contribution is 0.0886. The number of hydrogen-bond donors (Lipinski definition) is 1. The maximum atomic E-state index is 11.8. The molecule has 0 spiro atoms. The molecule has 0 aliphatic rings. The second kappa shape index (κ2) is 7.96. The van der Waals surface area contributed by atoms with Gasteiger partial charge in [-0.1, -0.05) is 25.4 Å². The molecular formula is C13H17ClINO2. The Kier molecular flexibility index (Phi) is 6.96. The standard InChI is InChI=1S/C13H17ClINO2/c1-9(2)8-18-6-5-16-13(17)10-3-4-12(15)11(14)7-10/h3-4,7,9H,5-6,8H2,1-2H3,(H,16,17). The molecule has 1 amide bonds. The van der Waals surface area contributed by atoms with E-state index in [0.717, 1.165) is 3.57 Å². The summed E-state index contributed by atoms with van der Waals surface area (Å²) in [6, 6.07) is 5.26. The van der Waals surface area contributed by atoms with Crippen LogP contribution in [0.25, 0.3) is 0 Å². The van der Waals surface area contributed by atoms with Gasteiger partial charge in [-0.25, -0.2) is 0 Å². The number of carbonyl (C=O) groups is 1. The van der Waals surface area contributed by atoms with Crippen LogP contribution >= 0.6 is 34.2 Å². The number of hydrogen-bond acceptors (Lipinski definition) is 2. The third kappa shape index (κ3) is 5.54. The highest BCUT2D eigenvalue weighted by Crippen LogP contribution is 2.19. The summed E-state index contributed by atoms with van der Waals surface area (Å²) < 4.78 is 6.32. The lowest BCUT2D eigenvalue weighted by Gasteiger charge is -2.08. The second-order valence-corrected chi connectivity index (χ2v) is 5.92. The van der Waals surface area contributed by atoms with Crippen molar-refractivity contribution in [2.45, 2.75) is 13.8 Å². The zero-order chi connectivity index (χ0) is 13.5. The normalized spacial score (nSPS) is 10.7. The molecule has 3 nitrogen and oxygen atoms in total. The zero-order valence-electron chi connectivity index (χ0n) is 10.5. The van der Waals surface area contributed by atoms with Crippen LogP contribution < -0.4 is 5.32 Å². The number of ether oxygens (including phenoxy) is 1. The SMILES string of the molecule is CC(C)COCCNC(=O)c1ccc(I)c(Cl)c1. The van der Waals surface area contributed by atoms with Crippen LogP contribution in [0.1, 0.15) is 24.2 Å². The average Bonchev–Trinajstić information content (AvgIpc) is 2.31. The number of nitrogens with one attached hydrogen (secondary N) is 1. The molecule has 100 valence electrons. The third-order valence-corrected chi connectivity index (χ3v) is 3.74. The van der Waals surface area contributed by atoms with Gasteiger partial charge in [-0.05, 0) is 46.7 Å². The van der Waals surface area contributed by atoms with E-state index in [0.29, 0.717) is 36.3 Å². The number of carbonyl (C=O) groups excluding carboxylic acids is 1. The number of halogens is 2. The first-order valence-corrected chi connectivity index (χ1v) is 7.27. The molecule has 1 aromatic rings. The molecule has 0 aromatic heterocycles.